The van der Waals surface area contributed by atoms with Gasteiger partial charge in [0, 0.05) is 19.0 Å². The monoisotopic (exact) mass is 270 g/mol. The van der Waals surface area contributed by atoms with E-state index >= 15 is 0 Å². The molecule has 19 heavy (non-hydrogen) atoms. The fourth-order valence-electron chi connectivity index (χ4n) is 2.72. The molecule has 5 nitrogen and oxygen atoms in total. The normalized spacial score (nSPS) is 27.3. The van der Waals surface area contributed by atoms with Crippen LogP contribution in [-0.2, 0) is 9.59 Å². The second kappa shape index (κ2) is 6.89. The van der Waals surface area contributed by atoms with Crippen LogP contribution in [0.4, 0.5) is 0 Å². The number of rotatable bonds is 6. The zero-order valence-corrected chi connectivity index (χ0v) is 12.2. The molecule has 1 amide bonds. The number of carboxylic acids is 1. The molecule has 0 aromatic carbocycles. The number of hydrogen-bond acceptors (Lipinski definition) is 3. The van der Waals surface area contributed by atoms with Gasteiger partial charge in [-0.3, -0.25) is 4.79 Å². The van der Waals surface area contributed by atoms with Gasteiger partial charge in [0.25, 0.3) is 0 Å². The molecule has 1 rings (SSSR count). The molecule has 1 fully saturated rings. The summed E-state index contributed by atoms with van der Waals surface area (Å²) in [5, 5.41) is 15.4. The van der Waals surface area contributed by atoms with Crippen molar-refractivity contribution in [1.29, 1.82) is 0 Å². The first-order valence-electron chi connectivity index (χ1n) is 7.13. The van der Waals surface area contributed by atoms with Gasteiger partial charge in [0.05, 0.1) is 0 Å². The Bertz CT molecular complexity index is 331. The maximum atomic E-state index is 11.9. The van der Waals surface area contributed by atoms with Gasteiger partial charge in [-0.05, 0) is 18.8 Å². The van der Waals surface area contributed by atoms with Crippen molar-refractivity contribution in [2.75, 3.05) is 6.54 Å². The van der Waals surface area contributed by atoms with Crippen LogP contribution in [0.3, 0.4) is 0 Å². The Hall–Kier alpha value is -1.10. The molecular formula is C14H26N2O3. The van der Waals surface area contributed by atoms with Crippen LogP contribution in [0.1, 0.15) is 52.9 Å². The van der Waals surface area contributed by atoms with E-state index in [1.807, 2.05) is 20.8 Å². The van der Waals surface area contributed by atoms with E-state index in [1.54, 1.807) is 0 Å². The van der Waals surface area contributed by atoms with E-state index in [-0.39, 0.29) is 5.91 Å². The van der Waals surface area contributed by atoms with Crippen molar-refractivity contribution in [2.45, 2.75) is 64.5 Å². The van der Waals surface area contributed by atoms with Crippen molar-refractivity contribution in [2.24, 2.45) is 5.92 Å². The van der Waals surface area contributed by atoms with Gasteiger partial charge < -0.3 is 15.7 Å². The standard InChI is InChI=1S/C14H26N2O3/c1-10(2)15-8-6-12(17)16-14(13(18)19)7-4-5-11(3)9-14/h10-11,15H,4-9H2,1-3H3,(H,16,17)(H,18,19). The Morgan fingerprint density at radius 3 is 2.63 bits per heavy atom. The zero-order chi connectivity index (χ0) is 14.5. The molecule has 0 spiro atoms. The molecule has 2 atom stereocenters. The second-order valence-corrected chi connectivity index (χ2v) is 6.00. The van der Waals surface area contributed by atoms with Crippen LogP contribution in [0.15, 0.2) is 0 Å². The van der Waals surface area contributed by atoms with Crippen LogP contribution in [0.2, 0.25) is 0 Å². The van der Waals surface area contributed by atoms with Crippen LogP contribution in [0, 0.1) is 5.92 Å². The Balaban J connectivity index is 2.54. The van der Waals surface area contributed by atoms with Gasteiger partial charge in [0.1, 0.15) is 5.54 Å². The maximum absolute atomic E-state index is 11.9. The molecule has 0 aromatic rings. The number of nitrogens with one attached hydrogen (secondary N) is 2. The SMILES string of the molecule is CC1CCCC(NC(=O)CCNC(C)C)(C(=O)O)C1. The summed E-state index contributed by atoms with van der Waals surface area (Å²) >= 11 is 0. The lowest BCUT2D eigenvalue weighted by atomic mass is 9.76. The second-order valence-electron chi connectivity index (χ2n) is 6.00. The molecule has 0 saturated heterocycles. The van der Waals surface area contributed by atoms with Crippen LogP contribution < -0.4 is 10.6 Å². The first kappa shape index (κ1) is 16.0. The maximum Gasteiger partial charge on any atom is 0.329 e. The quantitative estimate of drug-likeness (QED) is 0.684. The summed E-state index contributed by atoms with van der Waals surface area (Å²) in [6.45, 7) is 6.65. The molecule has 0 aromatic heterocycles. The third kappa shape index (κ3) is 4.82. The van der Waals surface area contributed by atoms with Gasteiger partial charge in [0.15, 0.2) is 0 Å². The Morgan fingerprint density at radius 2 is 2.11 bits per heavy atom. The molecular weight excluding hydrogens is 244 g/mol. The third-order valence-corrected chi connectivity index (χ3v) is 3.69. The Labute approximate surface area is 115 Å². The van der Waals surface area contributed by atoms with Gasteiger partial charge >= 0.3 is 5.97 Å². The number of carbonyl (C=O) groups excluding carboxylic acids is 1. The minimum atomic E-state index is -1.05. The summed E-state index contributed by atoms with van der Waals surface area (Å²) in [4.78, 5) is 23.4. The van der Waals surface area contributed by atoms with Crippen molar-refractivity contribution < 1.29 is 14.7 Å². The molecule has 110 valence electrons. The highest BCUT2D eigenvalue weighted by molar-refractivity contribution is 5.87. The molecule has 1 saturated carbocycles. The topological polar surface area (TPSA) is 78.4 Å². The van der Waals surface area contributed by atoms with E-state index < -0.39 is 11.5 Å². The molecule has 1 aliphatic rings. The predicted molar refractivity (Wildman–Crippen MR) is 73.9 cm³/mol. The van der Waals surface area contributed by atoms with Crippen molar-refractivity contribution in [3.63, 3.8) is 0 Å². The molecule has 3 N–H and O–H groups in total. The number of hydrogen-bond donors (Lipinski definition) is 3. The van der Waals surface area contributed by atoms with Crippen molar-refractivity contribution in [3.05, 3.63) is 0 Å². The largest absolute Gasteiger partial charge is 0.480 e. The lowest BCUT2D eigenvalue weighted by molar-refractivity contribution is -0.150. The highest BCUT2D eigenvalue weighted by Crippen LogP contribution is 2.32. The summed E-state index contributed by atoms with van der Waals surface area (Å²) in [5.41, 5.74) is -1.05. The smallest absolute Gasteiger partial charge is 0.329 e. The molecule has 5 heteroatoms. The van der Waals surface area contributed by atoms with E-state index in [1.165, 1.54) is 0 Å². The van der Waals surface area contributed by atoms with Crippen molar-refractivity contribution in [1.82, 2.24) is 10.6 Å². The fraction of sp³-hybridized carbons (Fsp3) is 0.857. The summed E-state index contributed by atoms with van der Waals surface area (Å²) in [7, 11) is 0. The first-order valence-corrected chi connectivity index (χ1v) is 7.13. The van der Waals surface area contributed by atoms with Crippen LogP contribution in [0.5, 0.6) is 0 Å². The van der Waals surface area contributed by atoms with Gasteiger partial charge in [-0.15, -0.1) is 0 Å². The predicted octanol–water partition coefficient (Wildman–Crippen LogP) is 1.52. The summed E-state index contributed by atoms with van der Waals surface area (Å²) in [5.74, 6) is -0.729. The van der Waals surface area contributed by atoms with Gasteiger partial charge in [-0.2, -0.15) is 0 Å². The third-order valence-electron chi connectivity index (χ3n) is 3.69. The van der Waals surface area contributed by atoms with E-state index in [2.05, 4.69) is 10.6 Å². The number of carboxylic acid groups (broad SMARTS) is 1. The van der Waals surface area contributed by atoms with Gasteiger partial charge in [-0.25, -0.2) is 4.79 Å². The van der Waals surface area contributed by atoms with Gasteiger partial charge in [0.2, 0.25) is 5.91 Å². The lowest BCUT2D eigenvalue weighted by Crippen LogP contribution is -2.57. The highest BCUT2D eigenvalue weighted by atomic mass is 16.4. The van der Waals surface area contributed by atoms with E-state index in [0.717, 1.165) is 12.8 Å². The van der Waals surface area contributed by atoms with Crippen LogP contribution in [-0.4, -0.2) is 35.1 Å². The van der Waals surface area contributed by atoms with Crippen LogP contribution >= 0.6 is 0 Å². The van der Waals surface area contributed by atoms with E-state index in [0.29, 0.717) is 37.8 Å². The summed E-state index contributed by atoms with van der Waals surface area (Å²) in [6.07, 6.45) is 3.29. The molecule has 0 radical (unpaired) electrons. The zero-order valence-electron chi connectivity index (χ0n) is 12.2. The molecule has 0 heterocycles. The average Bonchev–Trinajstić information content (AvgIpc) is 2.27. The van der Waals surface area contributed by atoms with Crippen molar-refractivity contribution >= 4 is 11.9 Å². The van der Waals surface area contributed by atoms with E-state index in [9.17, 15) is 14.7 Å². The fourth-order valence-corrected chi connectivity index (χ4v) is 2.72. The number of amides is 1. The first-order chi connectivity index (χ1) is 8.85. The number of carbonyl (C=O) groups is 2. The summed E-state index contributed by atoms with van der Waals surface area (Å²) < 4.78 is 0. The lowest BCUT2D eigenvalue weighted by Gasteiger charge is -2.37. The molecule has 1 aliphatic carbocycles. The van der Waals surface area contributed by atoms with Crippen molar-refractivity contribution in [3.8, 4) is 0 Å². The Kier molecular flexibility index (Phi) is 5.79. The summed E-state index contributed by atoms with van der Waals surface area (Å²) in [6, 6.07) is 0.330. The van der Waals surface area contributed by atoms with Gasteiger partial charge in [-0.1, -0.05) is 33.6 Å². The highest BCUT2D eigenvalue weighted by Gasteiger charge is 2.42. The molecule has 0 aliphatic heterocycles. The van der Waals surface area contributed by atoms with E-state index in [4.69, 9.17) is 0 Å². The molecule has 2 unspecified atom stereocenters. The van der Waals surface area contributed by atoms with Crippen LogP contribution in [0.25, 0.3) is 0 Å². The minimum absolute atomic E-state index is 0.176. The minimum Gasteiger partial charge on any atom is -0.480 e. The number of aliphatic carboxylic acids is 1. The molecule has 0 bridgehead atoms. The average molecular weight is 270 g/mol. The Morgan fingerprint density at radius 1 is 1.42 bits per heavy atom.